The van der Waals surface area contributed by atoms with Gasteiger partial charge in [0.15, 0.2) is 5.82 Å². The van der Waals surface area contributed by atoms with Gasteiger partial charge in [-0.05, 0) is 24.0 Å². The first kappa shape index (κ1) is 14.7. The van der Waals surface area contributed by atoms with Crippen molar-refractivity contribution in [3.63, 3.8) is 0 Å². The van der Waals surface area contributed by atoms with Crippen molar-refractivity contribution in [3.8, 4) is 6.01 Å². The highest BCUT2D eigenvalue weighted by Gasteiger charge is 2.43. The van der Waals surface area contributed by atoms with Gasteiger partial charge in [0.25, 0.3) is 0 Å². The highest BCUT2D eigenvalue weighted by molar-refractivity contribution is 6.32. The lowest BCUT2D eigenvalue weighted by Gasteiger charge is -2.41. The molecule has 1 aromatic heterocycles. The zero-order valence-electron chi connectivity index (χ0n) is 13.0. The number of hydrogen-bond donors (Lipinski definition) is 0. The Hall–Kier alpha value is -1.85. The Morgan fingerprint density at radius 1 is 1.35 bits per heavy atom. The molecule has 23 heavy (non-hydrogen) atoms. The van der Waals surface area contributed by atoms with Crippen molar-refractivity contribution in [2.75, 3.05) is 31.7 Å². The van der Waals surface area contributed by atoms with Crippen LogP contribution in [0.3, 0.4) is 0 Å². The van der Waals surface area contributed by atoms with Crippen molar-refractivity contribution in [3.05, 3.63) is 46.6 Å². The molecule has 2 aliphatic rings. The molecule has 1 spiro atoms. The van der Waals surface area contributed by atoms with Crippen molar-refractivity contribution in [2.24, 2.45) is 0 Å². The summed E-state index contributed by atoms with van der Waals surface area (Å²) in [6, 6.07) is 8.86. The molecule has 1 unspecified atom stereocenters. The molecule has 1 saturated heterocycles. The van der Waals surface area contributed by atoms with Crippen LogP contribution in [0.25, 0.3) is 0 Å². The molecular weight excluding hydrogens is 314 g/mol. The smallest absolute Gasteiger partial charge is 0.318 e. The predicted molar refractivity (Wildman–Crippen MR) is 88.2 cm³/mol. The number of rotatable bonds is 2. The van der Waals surface area contributed by atoms with Gasteiger partial charge in [0, 0.05) is 6.54 Å². The molecule has 2 aromatic rings. The minimum atomic E-state index is -0.268. The van der Waals surface area contributed by atoms with Gasteiger partial charge in [0.1, 0.15) is 10.6 Å². The van der Waals surface area contributed by atoms with Gasteiger partial charge < -0.3 is 14.4 Å². The van der Waals surface area contributed by atoms with Crippen LogP contribution in [-0.2, 0) is 16.8 Å². The molecule has 0 bridgehead atoms. The molecule has 5 nitrogen and oxygen atoms in total. The third-order valence-corrected chi connectivity index (χ3v) is 4.94. The fourth-order valence-electron chi connectivity index (χ4n) is 3.60. The van der Waals surface area contributed by atoms with Crippen molar-refractivity contribution >= 4 is 17.4 Å². The van der Waals surface area contributed by atoms with Crippen LogP contribution >= 0.6 is 11.6 Å². The van der Waals surface area contributed by atoms with Gasteiger partial charge in [-0.1, -0.05) is 35.9 Å². The summed E-state index contributed by atoms with van der Waals surface area (Å²) in [7, 11) is 1.56. The van der Waals surface area contributed by atoms with Gasteiger partial charge in [-0.15, -0.1) is 0 Å². The van der Waals surface area contributed by atoms with Crippen molar-refractivity contribution in [2.45, 2.75) is 18.4 Å². The maximum atomic E-state index is 6.32. The Bertz CT molecular complexity index is 736. The number of ether oxygens (including phenoxy) is 2. The lowest BCUT2D eigenvalue weighted by atomic mass is 9.93. The van der Waals surface area contributed by atoms with E-state index in [4.69, 9.17) is 21.1 Å². The van der Waals surface area contributed by atoms with Crippen molar-refractivity contribution < 1.29 is 9.47 Å². The molecule has 0 radical (unpaired) electrons. The summed E-state index contributed by atoms with van der Waals surface area (Å²) in [5, 5.41) is 0.536. The molecule has 1 aliphatic carbocycles. The minimum absolute atomic E-state index is 0.268. The predicted octanol–water partition coefficient (Wildman–Crippen LogP) is 2.82. The summed E-state index contributed by atoms with van der Waals surface area (Å²) >= 11 is 6.32. The monoisotopic (exact) mass is 331 g/mol. The van der Waals surface area contributed by atoms with E-state index in [9.17, 15) is 0 Å². The van der Waals surface area contributed by atoms with E-state index in [1.165, 1.54) is 11.1 Å². The Morgan fingerprint density at radius 3 is 3.09 bits per heavy atom. The zero-order chi connectivity index (χ0) is 15.9. The molecule has 120 valence electrons. The van der Waals surface area contributed by atoms with E-state index in [2.05, 4.69) is 39.1 Å². The number of aromatic nitrogens is 2. The Labute approximate surface area is 140 Å². The van der Waals surface area contributed by atoms with Crippen LogP contribution in [0.4, 0.5) is 5.82 Å². The number of anilines is 1. The van der Waals surface area contributed by atoms with E-state index in [0.717, 1.165) is 25.9 Å². The maximum Gasteiger partial charge on any atom is 0.318 e. The normalized spacial score (nSPS) is 23.1. The fourth-order valence-corrected chi connectivity index (χ4v) is 3.81. The standard InChI is InChI=1S/C17H18ClN3O2/c1-22-16-19-10-14(18)15(20-16)21-8-9-23-17(11-21)7-6-12-4-2-3-5-13(12)17/h2-5,10H,6-9,11H2,1H3. The van der Waals surface area contributed by atoms with Gasteiger partial charge in [0.05, 0.1) is 26.5 Å². The molecule has 0 saturated carbocycles. The van der Waals surface area contributed by atoms with Gasteiger partial charge in [-0.3, -0.25) is 0 Å². The minimum Gasteiger partial charge on any atom is -0.467 e. The number of benzene rings is 1. The van der Waals surface area contributed by atoms with E-state index < -0.39 is 0 Å². The van der Waals surface area contributed by atoms with Gasteiger partial charge in [0.2, 0.25) is 0 Å². The summed E-state index contributed by atoms with van der Waals surface area (Å²) in [6.07, 6.45) is 3.63. The number of methoxy groups -OCH3 is 1. The second kappa shape index (κ2) is 5.65. The summed E-state index contributed by atoms with van der Waals surface area (Å²) < 4.78 is 11.4. The van der Waals surface area contributed by atoms with Gasteiger partial charge in [-0.25, -0.2) is 4.98 Å². The second-order valence-corrected chi connectivity index (χ2v) is 6.36. The zero-order valence-corrected chi connectivity index (χ0v) is 13.7. The van der Waals surface area contributed by atoms with Crippen LogP contribution in [0.15, 0.2) is 30.5 Å². The van der Waals surface area contributed by atoms with E-state index >= 15 is 0 Å². The quantitative estimate of drug-likeness (QED) is 0.847. The number of morpholine rings is 1. The molecule has 0 N–H and O–H groups in total. The first-order valence-corrected chi connectivity index (χ1v) is 8.13. The molecule has 1 aliphatic heterocycles. The van der Waals surface area contributed by atoms with Crippen LogP contribution in [0.1, 0.15) is 17.5 Å². The number of hydrogen-bond acceptors (Lipinski definition) is 5. The molecule has 1 atom stereocenters. The summed E-state index contributed by atoms with van der Waals surface area (Å²) in [5.41, 5.74) is 2.40. The second-order valence-electron chi connectivity index (χ2n) is 5.95. The summed E-state index contributed by atoms with van der Waals surface area (Å²) in [6.45, 7) is 2.14. The van der Waals surface area contributed by atoms with Crippen LogP contribution < -0.4 is 9.64 Å². The average molecular weight is 332 g/mol. The Kier molecular flexibility index (Phi) is 3.62. The van der Waals surface area contributed by atoms with E-state index in [1.54, 1.807) is 13.3 Å². The van der Waals surface area contributed by atoms with Crippen molar-refractivity contribution in [1.82, 2.24) is 9.97 Å². The highest BCUT2D eigenvalue weighted by Crippen LogP contribution is 2.43. The van der Waals surface area contributed by atoms with Crippen LogP contribution in [0, 0.1) is 0 Å². The van der Waals surface area contributed by atoms with Crippen LogP contribution in [0.2, 0.25) is 5.02 Å². The third-order valence-electron chi connectivity index (χ3n) is 4.68. The van der Waals surface area contributed by atoms with Crippen LogP contribution in [-0.4, -0.2) is 36.8 Å². The maximum absolute atomic E-state index is 6.32. The number of halogens is 1. The van der Waals surface area contributed by atoms with Gasteiger partial charge in [-0.2, -0.15) is 4.98 Å². The van der Waals surface area contributed by atoms with E-state index in [-0.39, 0.29) is 5.60 Å². The first-order valence-electron chi connectivity index (χ1n) is 7.76. The molecule has 6 heteroatoms. The average Bonchev–Trinajstić information content (AvgIpc) is 2.94. The fraction of sp³-hybridized carbons (Fsp3) is 0.412. The van der Waals surface area contributed by atoms with E-state index in [0.29, 0.717) is 23.5 Å². The lowest BCUT2D eigenvalue weighted by molar-refractivity contribution is -0.0594. The molecule has 1 fully saturated rings. The Balaban J connectivity index is 1.69. The molecule has 0 amide bonds. The van der Waals surface area contributed by atoms with Crippen LogP contribution in [0.5, 0.6) is 6.01 Å². The first-order chi connectivity index (χ1) is 11.2. The van der Waals surface area contributed by atoms with Gasteiger partial charge >= 0.3 is 6.01 Å². The summed E-state index contributed by atoms with van der Waals surface area (Å²) in [4.78, 5) is 10.7. The molecular formula is C17H18ClN3O2. The topological polar surface area (TPSA) is 47.5 Å². The highest BCUT2D eigenvalue weighted by atomic mass is 35.5. The third kappa shape index (κ3) is 2.44. The number of nitrogens with zero attached hydrogens (tertiary/aromatic N) is 3. The Morgan fingerprint density at radius 2 is 2.22 bits per heavy atom. The largest absolute Gasteiger partial charge is 0.467 e. The molecule has 4 rings (SSSR count). The SMILES string of the molecule is COc1ncc(Cl)c(N2CCOC3(CCc4ccccc43)C2)n1. The summed E-state index contributed by atoms with van der Waals surface area (Å²) in [5.74, 6) is 0.713. The number of fused-ring (bicyclic) bond motifs is 2. The van der Waals surface area contributed by atoms with Crippen molar-refractivity contribution in [1.29, 1.82) is 0 Å². The lowest BCUT2D eigenvalue weighted by Crippen LogP contribution is -2.49. The molecule has 1 aromatic carbocycles. The number of aryl methyl sites for hydroxylation is 1. The van der Waals surface area contributed by atoms with E-state index in [1.807, 2.05) is 0 Å². The molecule has 2 heterocycles.